The van der Waals surface area contributed by atoms with Crippen molar-refractivity contribution in [2.45, 2.75) is 32.3 Å². The molecule has 0 saturated heterocycles. The van der Waals surface area contributed by atoms with Gasteiger partial charge in [0.15, 0.2) is 0 Å². The quantitative estimate of drug-likeness (QED) is 0.559. The van der Waals surface area contributed by atoms with E-state index in [1.165, 1.54) is 22.1 Å². The molecule has 0 saturated carbocycles. The number of pyridine rings is 1. The summed E-state index contributed by atoms with van der Waals surface area (Å²) >= 11 is 1.63. The smallest absolute Gasteiger partial charge is 0.147 e. The first-order valence-electron chi connectivity index (χ1n) is 9.28. The monoisotopic (exact) mass is 376 g/mol. The Labute approximate surface area is 161 Å². The lowest BCUT2D eigenvalue weighted by Gasteiger charge is -2.09. The molecule has 0 radical (unpaired) electrons. The predicted molar refractivity (Wildman–Crippen MR) is 110 cm³/mol. The van der Waals surface area contributed by atoms with Gasteiger partial charge in [0.05, 0.1) is 22.0 Å². The first-order valence-corrected chi connectivity index (χ1v) is 10.1. The number of aliphatic hydroxyl groups excluding tert-OH is 1. The number of hydrogen-bond donors (Lipinski definition) is 2. The van der Waals surface area contributed by atoms with Crippen LogP contribution in [0.2, 0.25) is 0 Å². The van der Waals surface area contributed by atoms with Crippen LogP contribution in [0.5, 0.6) is 0 Å². The maximum absolute atomic E-state index is 9.60. The molecule has 136 valence electrons. The molecule has 1 aromatic carbocycles. The van der Waals surface area contributed by atoms with Crippen molar-refractivity contribution in [3.63, 3.8) is 0 Å². The van der Waals surface area contributed by atoms with Gasteiger partial charge in [0.2, 0.25) is 0 Å². The van der Waals surface area contributed by atoms with Crippen LogP contribution in [0, 0.1) is 0 Å². The average Bonchev–Trinajstić information content (AvgIpc) is 3.30. The minimum absolute atomic E-state index is 0.434. The van der Waals surface area contributed by atoms with E-state index < -0.39 is 6.10 Å². The number of nitrogens with zero attached hydrogens (tertiary/aromatic N) is 3. The first-order chi connectivity index (χ1) is 13.2. The number of hydrogen-bond acceptors (Lipinski definition) is 6. The van der Waals surface area contributed by atoms with Crippen LogP contribution < -0.4 is 5.32 Å². The van der Waals surface area contributed by atoms with Crippen molar-refractivity contribution >= 4 is 37.6 Å². The van der Waals surface area contributed by atoms with Crippen LogP contribution >= 0.6 is 11.3 Å². The van der Waals surface area contributed by atoms with Gasteiger partial charge in [0.1, 0.15) is 17.0 Å². The van der Waals surface area contributed by atoms with Gasteiger partial charge in [-0.2, -0.15) is 0 Å². The van der Waals surface area contributed by atoms with Gasteiger partial charge in [-0.15, -0.1) is 11.3 Å². The number of fused-ring (bicyclic) bond motifs is 5. The molecule has 3 aromatic heterocycles. The summed E-state index contributed by atoms with van der Waals surface area (Å²) < 4.78 is 1.01. The molecule has 0 fully saturated rings. The van der Waals surface area contributed by atoms with Crippen LogP contribution in [0.1, 0.15) is 24.5 Å². The second-order valence-corrected chi connectivity index (χ2v) is 8.05. The normalized spacial score (nSPS) is 14.6. The van der Waals surface area contributed by atoms with Crippen molar-refractivity contribution in [3.05, 3.63) is 47.8 Å². The number of aliphatic hydroxyl groups is 1. The molecule has 4 aromatic rings. The lowest BCUT2D eigenvalue weighted by molar-refractivity contribution is 0.208. The second-order valence-electron chi connectivity index (χ2n) is 7.05. The molecule has 1 aliphatic carbocycles. The van der Waals surface area contributed by atoms with Crippen LogP contribution in [0.15, 0.2) is 36.7 Å². The summed E-state index contributed by atoms with van der Waals surface area (Å²) in [7, 11) is 0. The third-order valence-corrected chi connectivity index (χ3v) is 6.16. The highest BCUT2D eigenvalue weighted by atomic mass is 32.1. The Morgan fingerprint density at radius 2 is 1.96 bits per heavy atom. The Morgan fingerprint density at radius 3 is 2.78 bits per heavy atom. The number of anilines is 1. The van der Waals surface area contributed by atoms with Crippen LogP contribution in [0.4, 0.5) is 5.82 Å². The van der Waals surface area contributed by atoms with Crippen LogP contribution in [-0.2, 0) is 12.8 Å². The van der Waals surface area contributed by atoms with Crippen LogP contribution in [-0.4, -0.2) is 32.7 Å². The van der Waals surface area contributed by atoms with Crippen LogP contribution in [0.25, 0.3) is 31.7 Å². The molecule has 1 unspecified atom stereocenters. The van der Waals surface area contributed by atoms with Gasteiger partial charge >= 0.3 is 0 Å². The van der Waals surface area contributed by atoms with E-state index >= 15 is 0 Å². The SMILES string of the molecule is CC(O)CNc1ncnc2c1sc1nc(-c3ccccc3)c3c(c12)CCC3. The summed E-state index contributed by atoms with van der Waals surface area (Å²) in [6, 6.07) is 10.4. The summed E-state index contributed by atoms with van der Waals surface area (Å²) in [6.07, 6.45) is 4.46. The number of thiophene rings is 1. The lowest BCUT2D eigenvalue weighted by Crippen LogP contribution is -2.16. The van der Waals surface area contributed by atoms with Crippen molar-refractivity contribution in [2.24, 2.45) is 0 Å². The van der Waals surface area contributed by atoms with Gasteiger partial charge < -0.3 is 10.4 Å². The number of aryl methyl sites for hydroxylation is 1. The highest BCUT2D eigenvalue weighted by molar-refractivity contribution is 7.26. The molecule has 2 N–H and O–H groups in total. The van der Waals surface area contributed by atoms with Gasteiger partial charge in [-0.3, -0.25) is 0 Å². The summed E-state index contributed by atoms with van der Waals surface area (Å²) in [4.78, 5) is 15.1. The first kappa shape index (κ1) is 16.6. The second kappa shape index (κ2) is 6.55. The van der Waals surface area contributed by atoms with E-state index in [9.17, 15) is 5.11 Å². The Balaban J connectivity index is 1.76. The van der Waals surface area contributed by atoms with E-state index in [0.717, 1.165) is 45.8 Å². The minimum Gasteiger partial charge on any atom is -0.392 e. The molecule has 5 nitrogen and oxygen atoms in total. The molecule has 5 rings (SSSR count). The lowest BCUT2D eigenvalue weighted by atomic mass is 10.0. The summed E-state index contributed by atoms with van der Waals surface area (Å²) in [6.45, 7) is 2.22. The summed E-state index contributed by atoms with van der Waals surface area (Å²) in [5.41, 5.74) is 6.02. The van der Waals surface area contributed by atoms with E-state index in [1.807, 2.05) is 6.07 Å². The average molecular weight is 376 g/mol. The molecule has 0 bridgehead atoms. The van der Waals surface area contributed by atoms with E-state index in [-0.39, 0.29) is 0 Å². The largest absolute Gasteiger partial charge is 0.392 e. The van der Waals surface area contributed by atoms with Gasteiger partial charge in [0.25, 0.3) is 0 Å². The standard InChI is InChI=1S/C21H20N4OS/c1-12(26)10-22-20-19-18(23-11-24-20)16-14-8-5-9-15(14)17(25-21(16)27-19)13-6-3-2-4-7-13/h2-4,6-7,11-12,26H,5,8-10H2,1H3,(H,22,23,24). The molecule has 0 aliphatic heterocycles. The Kier molecular flexibility index (Phi) is 4.02. The Hall–Kier alpha value is -2.57. The van der Waals surface area contributed by atoms with E-state index in [2.05, 4.69) is 39.6 Å². The van der Waals surface area contributed by atoms with Crippen LogP contribution in [0.3, 0.4) is 0 Å². The van der Waals surface area contributed by atoms with Gasteiger partial charge in [-0.25, -0.2) is 15.0 Å². The molecule has 0 spiro atoms. The summed E-state index contributed by atoms with van der Waals surface area (Å²) in [5, 5.41) is 14.0. The van der Waals surface area contributed by atoms with E-state index in [0.29, 0.717) is 6.54 Å². The van der Waals surface area contributed by atoms with Crippen molar-refractivity contribution in [2.75, 3.05) is 11.9 Å². The highest BCUT2D eigenvalue weighted by Crippen LogP contribution is 2.43. The fraction of sp³-hybridized carbons (Fsp3) is 0.286. The molecular formula is C21H20N4OS. The molecular weight excluding hydrogens is 356 g/mol. The van der Waals surface area contributed by atoms with Crippen molar-refractivity contribution in [1.29, 1.82) is 0 Å². The molecule has 6 heteroatoms. The molecule has 1 aliphatic rings. The maximum atomic E-state index is 9.60. The number of benzene rings is 1. The number of aromatic nitrogens is 3. The van der Waals surface area contributed by atoms with E-state index in [1.54, 1.807) is 24.6 Å². The Morgan fingerprint density at radius 1 is 1.15 bits per heavy atom. The fourth-order valence-corrected chi connectivity index (χ4v) is 5.03. The maximum Gasteiger partial charge on any atom is 0.147 e. The number of rotatable bonds is 4. The molecule has 0 amide bonds. The third-order valence-electron chi connectivity index (χ3n) is 5.08. The van der Waals surface area contributed by atoms with Crippen molar-refractivity contribution < 1.29 is 5.11 Å². The Bertz CT molecular complexity index is 1140. The van der Waals surface area contributed by atoms with Gasteiger partial charge in [-0.05, 0) is 37.3 Å². The zero-order chi connectivity index (χ0) is 18.4. The highest BCUT2D eigenvalue weighted by Gasteiger charge is 2.24. The molecule has 3 heterocycles. The molecule has 27 heavy (non-hydrogen) atoms. The zero-order valence-corrected chi connectivity index (χ0v) is 15.9. The third kappa shape index (κ3) is 2.76. The van der Waals surface area contributed by atoms with Gasteiger partial charge in [0, 0.05) is 17.5 Å². The topological polar surface area (TPSA) is 70.9 Å². The predicted octanol–water partition coefficient (Wildman–Crippen LogP) is 4.19. The fourth-order valence-electron chi connectivity index (χ4n) is 3.90. The summed E-state index contributed by atoms with van der Waals surface area (Å²) in [5.74, 6) is 0.775. The van der Waals surface area contributed by atoms with E-state index in [4.69, 9.17) is 4.98 Å². The van der Waals surface area contributed by atoms with Crippen molar-refractivity contribution in [1.82, 2.24) is 15.0 Å². The zero-order valence-electron chi connectivity index (χ0n) is 15.1. The van der Waals surface area contributed by atoms with Gasteiger partial charge in [-0.1, -0.05) is 30.3 Å². The number of nitrogens with one attached hydrogen (secondary N) is 1. The molecule has 1 atom stereocenters. The van der Waals surface area contributed by atoms with Crippen molar-refractivity contribution in [3.8, 4) is 11.3 Å². The minimum atomic E-state index is -0.434.